The van der Waals surface area contributed by atoms with Gasteiger partial charge in [-0.1, -0.05) is 12.1 Å². The van der Waals surface area contributed by atoms with Crippen LogP contribution >= 0.6 is 0 Å². The molecule has 0 amide bonds. The first kappa shape index (κ1) is 13.9. The third-order valence-electron chi connectivity index (χ3n) is 3.69. The van der Waals surface area contributed by atoms with Gasteiger partial charge in [0.05, 0.1) is 13.5 Å². The Hall–Kier alpha value is -1.55. The first-order chi connectivity index (χ1) is 9.19. The van der Waals surface area contributed by atoms with Crippen LogP contribution < -0.4 is 4.74 Å². The van der Waals surface area contributed by atoms with Crippen molar-refractivity contribution in [2.45, 2.75) is 25.2 Å². The number of carboxylic acids is 1. The Balaban J connectivity index is 2.07. The van der Waals surface area contributed by atoms with Crippen molar-refractivity contribution in [2.24, 2.45) is 0 Å². The number of hydrogen-bond acceptors (Lipinski definition) is 3. The van der Waals surface area contributed by atoms with E-state index in [0.717, 1.165) is 30.9 Å². The zero-order chi connectivity index (χ0) is 13.7. The van der Waals surface area contributed by atoms with E-state index in [2.05, 4.69) is 4.90 Å². The highest BCUT2D eigenvalue weighted by atomic mass is 16.5. The topological polar surface area (TPSA) is 49.8 Å². The standard InChI is InChI=1S/C15H21NO3/c1-19-14-6-4-12(5-7-14)13(10-15(17)18)11-16-8-2-3-9-16/h4-7,13H,2-3,8-11H2,1H3,(H,17,18). The molecule has 19 heavy (non-hydrogen) atoms. The lowest BCUT2D eigenvalue weighted by Gasteiger charge is -2.22. The lowest BCUT2D eigenvalue weighted by Crippen LogP contribution is -2.26. The summed E-state index contributed by atoms with van der Waals surface area (Å²) in [5.74, 6) is 0.125. The zero-order valence-corrected chi connectivity index (χ0v) is 11.3. The first-order valence-corrected chi connectivity index (χ1v) is 6.77. The predicted octanol–water partition coefficient (Wildman–Crippen LogP) is 2.35. The van der Waals surface area contributed by atoms with E-state index in [9.17, 15) is 4.79 Å². The van der Waals surface area contributed by atoms with Crippen molar-refractivity contribution in [2.75, 3.05) is 26.7 Å². The second kappa shape index (κ2) is 6.57. The molecule has 0 bridgehead atoms. The molecule has 0 aromatic heterocycles. The second-order valence-corrected chi connectivity index (χ2v) is 5.08. The van der Waals surface area contributed by atoms with Crippen molar-refractivity contribution >= 4 is 5.97 Å². The lowest BCUT2D eigenvalue weighted by atomic mass is 9.95. The van der Waals surface area contributed by atoms with Gasteiger partial charge in [0.1, 0.15) is 5.75 Å². The number of methoxy groups -OCH3 is 1. The third kappa shape index (κ3) is 3.96. The van der Waals surface area contributed by atoms with Crippen molar-refractivity contribution in [1.29, 1.82) is 0 Å². The summed E-state index contributed by atoms with van der Waals surface area (Å²) in [6.07, 6.45) is 2.63. The molecule has 2 rings (SSSR count). The summed E-state index contributed by atoms with van der Waals surface area (Å²) in [4.78, 5) is 13.4. The molecule has 1 aliphatic heterocycles. The molecule has 1 aromatic rings. The van der Waals surface area contributed by atoms with E-state index in [1.54, 1.807) is 7.11 Å². The molecule has 1 N–H and O–H groups in total. The van der Waals surface area contributed by atoms with Crippen LogP contribution in [0.4, 0.5) is 0 Å². The number of ether oxygens (including phenoxy) is 1. The van der Waals surface area contributed by atoms with E-state index >= 15 is 0 Å². The molecular weight excluding hydrogens is 242 g/mol. The maximum atomic E-state index is 11.0. The minimum atomic E-state index is -0.736. The fourth-order valence-electron chi connectivity index (χ4n) is 2.65. The van der Waals surface area contributed by atoms with Gasteiger partial charge in [-0.25, -0.2) is 0 Å². The molecule has 1 heterocycles. The number of likely N-dealkylation sites (tertiary alicyclic amines) is 1. The van der Waals surface area contributed by atoms with Gasteiger partial charge in [-0.15, -0.1) is 0 Å². The van der Waals surface area contributed by atoms with Crippen LogP contribution in [0.1, 0.15) is 30.7 Å². The van der Waals surface area contributed by atoms with Gasteiger partial charge in [-0.3, -0.25) is 4.79 Å². The van der Waals surface area contributed by atoms with Gasteiger partial charge in [0.2, 0.25) is 0 Å². The third-order valence-corrected chi connectivity index (χ3v) is 3.69. The number of carbonyl (C=O) groups is 1. The lowest BCUT2D eigenvalue weighted by molar-refractivity contribution is -0.137. The highest BCUT2D eigenvalue weighted by molar-refractivity contribution is 5.68. The summed E-state index contributed by atoms with van der Waals surface area (Å²) in [5.41, 5.74) is 1.08. The number of carboxylic acid groups (broad SMARTS) is 1. The summed E-state index contributed by atoms with van der Waals surface area (Å²) in [6.45, 7) is 3.01. The van der Waals surface area contributed by atoms with E-state index < -0.39 is 5.97 Å². The van der Waals surface area contributed by atoms with Crippen LogP contribution in [-0.2, 0) is 4.79 Å². The van der Waals surface area contributed by atoms with Gasteiger partial charge in [-0.2, -0.15) is 0 Å². The van der Waals surface area contributed by atoms with Crippen molar-refractivity contribution in [1.82, 2.24) is 4.90 Å². The maximum absolute atomic E-state index is 11.0. The summed E-state index contributed by atoms with van der Waals surface area (Å²) in [7, 11) is 1.63. The van der Waals surface area contributed by atoms with E-state index in [4.69, 9.17) is 9.84 Å². The van der Waals surface area contributed by atoms with Crippen LogP contribution in [0.3, 0.4) is 0 Å². The molecule has 1 unspecified atom stereocenters. The smallest absolute Gasteiger partial charge is 0.304 e. The maximum Gasteiger partial charge on any atom is 0.304 e. The van der Waals surface area contributed by atoms with Crippen molar-refractivity contribution in [3.05, 3.63) is 29.8 Å². The van der Waals surface area contributed by atoms with Crippen LogP contribution in [0.5, 0.6) is 5.75 Å². The Morgan fingerprint density at radius 2 is 1.95 bits per heavy atom. The Kier molecular flexibility index (Phi) is 4.80. The molecule has 1 saturated heterocycles. The van der Waals surface area contributed by atoms with Gasteiger partial charge in [0.25, 0.3) is 0 Å². The molecule has 4 heteroatoms. The van der Waals surface area contributed by atoms with Gasteiger partial charge in [-0.05, 0) is 43.6 Å². The fraction of sp³-hybridized carbons (Fsp3) is 0.533. The van der Waals surface area contributed by atoms with E-state index in [0.29, 0.717) is 0 Å². The Morgan fingerprint density at radius 1 is 1.32 bits per heavy atom. The largest absolute Gasteiger partial charge is 0.497 e. The molecule has 1 aliphatic rings. The van der Waals surface area contributed by atoms with Crippen LogP contribution in [0.25, 0.3) is 0 Å². The number of hydrogen-bond donors (Lipinski definition) is 1. The van der Waals surface area contributed by atoms with Gasteiger partial charge in [0.15, 0.2) is 0 Å². The van der Waals surface area contributed by atoms with Crippen LogP contribution in [-0.4, -0.2) is 42.7 Å². The van der Waals surface area contributed by atoms with Crippen molar-refractivity contribution < 1.29 is 14.6 Å². The second-order valence-electron chi connectivity index (χ2n) is 5.08. The molecule has 0 aliphatic carbocycles. The average molecular weight is 263 g/mol. The molecule has 0 spiro atoms. The molecule has 104 valence electrons. The number of rotatable bonds is 6. The van der Waals surface area contributed by atoms with E-state index in [1.165, 1.54) is 12.8 Å². The first-order valence-electron chi connectivity index (χ1n) is 6.77. The van der Waals surface area contributed by atoms with E-state index in [-0.39, 0.29) is 12.3 Å². The molecule has 0 saturated carbocycles. The summed E-state index contributed by atoms with van der Waals surface area (Å²) in [5, 5.41) is 9.08. The van der Waals surface area contributed by atoms with Crippen LogP contribution in [0.15, 0.2) is 24.3 Å². The van der Waals surface area contributed by atoms with Gasteiger partial charge in [0, 0.05) is 12.5 Å². The minimum absolute atomic E-state index is 0.0570. The SMILES string of the molecule is COc1ccc(C(CC(=O)O)CN2CCCC2)cc1. The highest BCUT2D eigenvalue weighted by Crippen LogP contribution is 2.25. The Bertz CT molecular complexity index is 410. The Labute approximate surface area is 114 Å². The van der Waals surface area contributed by atoms with Crippen LogP contribution in [0, 0.1) is 0 Å². The number of nitrogens with zero attached hydrogens (tertiary/aromatic N) is 1. The molecule has 1 fully saturated rings. The minimum Gasteiger partial charge on any atom is -0.497 e. The number of benzene rings is 1. The molecular formula is C15H21NO3. The molecule has 4 nitrogen and oxygen atoms in total. The Morgan fingerprint density at radius 3 is 2.47 bits per heavy atom. The predicted molar refractivity (Wildman–Crippen MR) is 73.7 cm³/mol. The average Bonchev–Trinajstić information content (AvgIpc) is 2.90. The monoisotopic (exact) mass is 263 g/mol. The van der Waals surface area contributed by atoms with Crippen molar-refractivity contribution in [3.8, 4) is 5.75 Å². The molecule has 1 atom stereocenters. The summed E-state index contributed by atoms with van der Waals surface area (Å²) < 4.78 is 5.14. The van der Waals surface area contributed by atoms with Gasteiger partial charge >= 0.3 is 5.97 Å². The van der Waals surface area contributed by atoms with E-state index in [1.807, 2.05) is 24.3 Å². The molecule has 0 radical (unpaired) electrons. The van der Waals surface area contributed by atoms with Crippen molar-refractivity contribution in [3.63, 3.8) is 0 Å². The summed E-state index contributed by atoms with van der Waals surface area (Å²) in [6, 6.07) is 7.74. The fourth-order valence-corrected chi connectivity index (χ4v) is 2.65. The zero-order valence-electron chi connectivity index (χ0n) is 11.3. The van der Waals surface area contributed by atoms with Crippen LogP contribution in [0.2, 0.25) is 0 Å². The molecule has 1 aromatic carbocycles. The highest BCUT2D eigenvalue weighted by Gasteiger charge is 2.21. The quantitative estimate of drug-likeness (QED) is 0.856. The van der Waals surface area contributed by atoms with Gasteiger partial charge < -0.3 is 14.7 Å². The summed E-state index contributed by atoms with van der Waals surface area (Å²) >= 11 is 0. The number of aliphatic carboxylic acids is 1. The normalized spacial score (nSPS) is 17.3.